The lowest BCUT2D eigenvalue weighted by molar-refractivity contribution is -0.113. The maximum atomic E-state index is 12.9. The predicted octanol–water partition coefficient (Wildman–Crippen LogP) is 1.22. The van der Waals surface area contributed by atoms with E-state index < -0.39 is 11.6 Å². The minimum atomic E-state index is -0.584. The van der Waals surface area contributed by atoms with Crippen molar-refractivity contribution in [3.8, 4) is 5.75 Å². The van der Waals surface area contributed by atoms with Gasteiger partial charge in [-0.2, -0.15) is 0 Å². The first kappa shape index (κ1) is 15.5. The second-order valence-electron chi connectivity index (χ2n) is 6.03. The molecule has 126 valence electrons. The third-order valence-corrected chi connectivity index (χ3v) is 4.55. The van der Waals surface area contributed by atoms with Crippen molar-refractivity contribution in [1.82, 2.24) is 15.2 Å². The number of benzene rings is 1. The summed E-state index contributed by atoms with van der Waals surface area (Å²) < 4.78 is 0. The summed E-state index contributed by atoms with van der Waals surface area (Å²) >= 11 is 0. The van der Waals surface area contributed by atoms with Crippen molar-refractivity contribution in [2.75, 3.05) is 26.2 Å². The number of phenolic OH excluding ortho intramolecular Hbond substituents is 1. The van der Waals surface area contributed by atoms with Crippen LogP contribution < -0.4 is 5.32 Å². The minimum Gasteiger partial charge on any atom is -0.507 e. The molecule has 1 fully saturated rings. The normalized spacial score (nSPS) is 17.7. The van der Waals surface area contributed by atoms with Crippen molar-refractivity contribution < 1.29 is 14.7 Å². The molecule has 0 saturated carbocycles. The van der Waals surface area contributed by atoms with E-state index >= 15 is 0 Å². The van der Waals surface area contributed by atoms with Crippen molar-refractivity contribution in [3.05, 3.63) is 65.1 Å². The van der Waals surface area contributed by atoms with Crippen LogP contribution in [0.2, 0.25) is 0 Å². The summed E-state index contributed by atoms with van der Waals surface area (Å²) in [5.41, 5.74) is 2.04. The van der Waals surface area contributed by atoms with Crippen LogP contribution in [0.1, 0.15) is 21.6 Å². The largest absolute Gasteiger partial charge is 0.507 e. The van der Waals surface area contributed by atoms with Crippen molar-refractivity contribution in [3.63, 3.8) is 0 Å². The first-order chi connectivity index (χ1) is 12.2. The Hall–Kier alpha value is -2.99. The van der Waals surface area contributed by atoms with Gasteiger partial charge in [-0.25, -0.2) is 0 Å². The highest BCUT2D eigenvalue weighted by Gasteiger charge is 2.38. The lowest BCUT2D eigenvalue weighted by atomic mass is 9.83. The summed E-state index contributed by atoms with van der Waals surface area (Å²) in [5, 5.41) is 13.7. The Morgan fingerprint density at radius 1 is 1.00 bits per heavy atom. The average molecular weight is 335 g/mol. The number of hydrogen-bond acceptors (Lipinski definition) is 6. The van der Waals surface area contributed by atoms with Gasteiger partial charge in [-0.1, -0.05) is 18.2 Å². The van der Waals surface area contributed by atoms with Gasteiger partial charge in [-0.3, -0.25) is 14.6 Å². The standard InChI is InChI=1S/C19H17N3O3/c23-14-6-3-4-12-15(14)16(13-5-1-2-7-21-13)17(19(25)18(12)24)22-10-8-20-9-11-22/h1-7,20,23H,8-11H2. The highest BCUT2D eigenvalue weighted by Crippen LogP contribution is 2.39. The molecule has 1 aliphatic heterocycles. The maximum Gasteiger partial charge on any atom is 0.250 e. The number of aromatic hydroxyl groups is 1. The molecule has 0 radical (unpaired) electrons. The monoisotopic (exact) mass is 335 g/mol. The smallest absolute Gasteiger partial charge is 0.250 e. The van der Waals surface area contributed by atoms with Crippen LogP contribution in [0.25, 0.3) is 5.57 Å². The van der Waals surface area contributed by atoms with Gasteiger partial charge in [0.05, 0.1) is 11.4 Å². The van der Waals surface area contributed by atoms with E-state index in [1.807, 2.05) is 11.0 Å². The summed E-state index contributed by atoms with van der Waals surface area (Å²) in [6.45, 7) is 2.70. The highest BCUT2D eigenvalue weighted by molar-refractivity contribution is 6.52. The number of aromatic nitrogens is 1. The summed E-state index contributed by atoms with van der Waals surface area (Å²) in [4.78, 5) is 31.8. The molecular formula is C19H17N3O3. The lowest BCUT2D eigenvalue weighted by Gasteiger charge is -2.34. The van der Waals surface area contributed by atoms with Gasteiger partial charge in [0.15, 0.2) is 0 Å². The first-order valence-corrected chi connectivity index (χ1v) is 8.21. The van der Waals surface area contributed by atoms with Crippen LogP contribution in [0.4, 0.5) is 0 Å². The molecule has 2 aliphatic rings. The second kappa shape index (κ2) is 6.14. The number of nitrogens with zero attached hydrogens (tertiary/aromatic N) is 2. The third kappa shape index (κ3) is 2.51. The van der Waals surface area contributed by atoms with Crippen molar-refractivity contribution in [2.45, 2.75) is 0 Å². The molecule has 1 aromatic heterocycles. The van der Waals surface area contributed by atoms with Gasteiger partial charge in [0, 0.05) is 49.1 Å². The molecule has 2 N–H and O–H groups in total. The predicted molar refractivity (Wildman–Crippen MR) is 92.1 cm³/mol. The van der Waals surface area contributed by atoms with E-state index in [0.29, 0.717) is 35.6 Å². The zero-order valence-electron chi connectivity index (χ0n) is 13.5. The summed E-state index contributed by atoms with van der Waals surface area (Å²) in [6, 6.07) is 10.1. The fourth-order valence-corrected chi connectivity index (χ4v) is 3.40. The van der Waals surface area contributed by atoms with Gasteiger partial charge in [0.2, 0.25) is 11.6 Å². The van der Waals surface area contributed by atoms with Crippen LogP contribution in [0.5, 0.6) is 5.75 Å². The molecule has 0 unspecified atom stereocenters. The van der Waals surface area contributed by atoms with Gasteiger partial charge < -0.3 is 15.3 Å². The van der Waals surface area contributed by atoms with Gasteiger partial charge in [-0.05, 0) is 18.2 Å². The summed E-state index contributed by atoms with van der Waals surface area (Å²) in [5.74, 6) is -1.15. The Labute approximate surface area is 144 Å². The number of nitrogens with one attached hydrogen (secondary N) is 1. The fraction of sp³-hybridized carbons (Fsp3) is 0.211. The molecule has 0 amide bonds. The molecule has 25 heavy (non-hydrogen) atoms. The van der Waals surface area contributed by atoms with Gasteiger partial charge in [-0.15, -0.1) is 0 Å². The Morgan fingerprint density at radius 2 is 1.80 bits per heavy atom. The number of hydrogen-bond donors (Lipinski definition) is 2. The number of carbonyl (C=O) groups is 2. The number of allylic oxidation sites excluding steroid dienone is 1. The summed E-state index contributed by atoms with van der Waals surface area (Å²) in [6.07, 6.45) is 1.64. The zero-order chi connectivity index (χ0) is 17.4. The number of ketones is 2. The number of phenols is 1. The molecule has 1 saturated heterocycles. The third-order valence-electron chi connectivity index (χ3n) is 4.55. The zero-order valence-corrected chi connectivity index (χ0v) is 13.5. The van der Waals surface area contributed by atoms with Crippen LogP contribution in [0.15, 0.2) is 48.3 Å². The first-order valence-electron chi connectivity index (χ1n) is 8.21. The van der Waals surface area contributed by atoms with E-state index in [9.17, 15) is 14.7 Å². The van der Waals surface area contributed by atoms with Gasteiger partial charge in [0.1, 0.15) is 5.75 Å². The highest BCUT2D eigenvalue weighted by atomic mass is 16.3. The van der Waals surface area contributed by atoms with Crippen molar-refractivity contribution in [1.29, 1.82) is 0 Å². The Morgan fingerprint density at radius 3 is 2.52 bits per heavy atom. The number of carbonyl (C=O) groups excluding carboxylic acids is 2. The molecule has 4 rings (SSSR count). The lowest BCUT2D eigenvalue weighted by Crippen LogP contribution is -2.46. The van der Waals surface area contributed by atoms with E-state index in [1.165, 1.54) is 6.07 Å². The van der Waals surface area contributed by atoms with Crippen LogP contribution in [-0.4, -0.2) is 52.7 Å². The molecule has 6 nitrogen and oxygen atoms in total. The van der Waals surface area contributed by atoms with Crippen LogP contribution >= 0.6 is 0 Å². The topological polar surface area (TPSA) is 82.5 Å². The molecular weight excluding hydrogens is 318 g/mol. The quantitative estimate of drug-likeness (QED) is 0.803. The second-order valence-corrected chi connectivity index (χ2v) is 6.03. The summed E-state index contributed by atoms with van der Waals surface area (Å²) in [7, 11) is 0. The number of rotatable bonds is 2. The Kier molecular flexibility index (Phi) is 3.82. The molecule has 0 spiro atoms. The Balaban J connectivity index is 2.03. The molecule has 1 aromatic carbocycles. The van der Waals surface area contributed by atoms with E-state index in [1.54, 1.807) is 30.5 Å². The molecule has 1 aliphatic carbocycles. The number of piperazine rings is 1. The van der Waals surface area contributed by atoms with Gasteiger partial charge >= 0.3 is 0 Å². The fourth-order valence-electron chi connectivity index (χ4n) is 3.40. The number of Topliss-reactive ketones (excluding diaryl/α,β-unsaturated/α-hetero) is 2. The molecule has 2 heterocycles. The van der Waals surface area contributed by atoms with E-state index in [0.717, 1.165) is 13.1 Å². The maximum absolute atomic E-state index is 12.9. The van der Waals surface area contributed by atoms with E-state index in [4.69, 9.17) is 0 Å². The van der Waals surface area contributed by atoms with Crippen LogP contribution in [0, 0.1) is 0 Å². The SMILES string of the molecule is O=C1C(=O)c2cccc(O)c2C(c2ccccn2)=C1N1CCNCC1. The van der Waals surface area contributed by atoms with Crippen LogP contribution in [0.3, 0.4) is 0 Å². The molecule has 0 bridgehead atoms. The molecule has 0 atom stereocenters. The van der Waals surface area contributed by atoms with Crippen LogP contribution in [-0.2, 0) is 4.79 Å². The van der Waals surface area contributed by atoms with E-state index in [-0.39, 0.29) is 11.3 Å². The van der Waals surface area contributed by atoms with Crippen molar-refractivity contribution >= 4 is 17.1 Å². The Bertz CT molecular complexity index is 884. The molecule has 2 aromatic rings. The average Bonchev–Trinajstić information content (AvgIpc) is 2.66. The number of pyridine rings is 1. The molecule has 6 heteroatoms. The van der Waals surface area contributed by atoms with Gasteiger partial charge in [0.25, 0.3) is 0 Å². The minimum absolute atomic E-state index is 0.0216. The van der Waals surface area contributed by atoms with Crippen molar-refractivity contribution in [2.24, 2.45) is 0 Å². The van der Waals surface area contributed by atoms with E-state index in [2.05, 4.69) is 10.3 Å². The number of fused-ring (bicyclic) bond motifs is 1.